The molecule has 3 rings (SSSR count). The van der Waals surface area contributed by atoms with Crippen molar-refractivity contribution in [1.29, 1.82) is 0 Å². The van der Waals surface area contributed by atoms with E-state index < -0.39 is 5.97 Å². The third-order valence-electron chi connectivity index (χ3n) is 3.82. The Balaban J connectivity index is 1.68. The van der Waals surface area contributed by atoms with Gasteiger partial charge in [-0.15, -0.1) is 0 Å². The summed E-state index contributed by atoms with van der Waals surface area (Å²) >= 11 is 0. The van der Waals surface area contributed by atoms with Gasteiger partial charge in [0.15, 0.2) is 11.4 Å². The first kappa shape index (κ1) is 14.9. The normalized spacial score (nSPS) is 14.8. The van der Waals surface area contributed by atoms with Gasteiger partial charge in [-0.3, -0.25) is 4.79 Å². The molecule has 0 radical (unpaired) electrons. The number of aromatic nitrogens is 2. The number of H-pyrrole nitrogens is 1. The van der Waals surface area contributed by atoms with Crippen LogP contribution in [0.25, 0.3) is 0 Å². The summed E-state index contributed by atoms with van der Waals surface area (Å²) in [6, 6.07) is 6.94. The van der Waals surface area contributed by atoms with Crippen LogP contribution in [0.2, 0.25) is 0 Å². The highest BCUT2D eigenvalue weighted by Gasteiger charge is 2.27. The second-order valence-electron chi connectivity index (χ2n) is 5.23. The number of benzene rings is 1. The highest BCUT2D eigenvalue weighted by atomic mass is 16.4. The molecule has 8 heteroatoms. The van der Waals surface area contributed by atoms with Crippen LogP contribution < -0.4 is 4.90 Å². The molecule has 0 unspecified atom stereocenters. The van der Waals surface area contributed by atoms with Crippen LogP contribution in [0.4, 0.5) is 5.69 Å². The summed E-state index contributed by atoms with van der Waals surface area (Å²) in [6.07, 6.45) is 1.21. The van der Waals surface area contributed by atoms with Crippen LogP contribution in [0.3, 0.4) is 0 Å². The van der Waals surface area contributed by atoms with Crippen molar-refractivity contribution >= 4 is 17.6 Å². The second-order valence-corrected chi connectivity index (χ2v) is 5.23. The van der Waals surface area contributed by atoms with Crippen LogP contribution in [0.5, 0.6) is 5.75 Å². The lowest BCUT2D eigenvalue weighted by molar-refractivity contribution is 0.0666. The second kappa shape index (κ2) is 5.99. The van der Waals surface area contributed by atoms with E-state index in [-0.39, 0.29) is 23.0 Å². The van der Waals surface area contributed by atoms with E-state index in [4.69, 9.17) is 5.11 Å². The first-order valence-electron chi connectivity index (χ1n) is 7.16. The van der Waals surface area contributed by atoms with Gasteiger partial charge in [-0.05, 0) is 12.1 Å². The van der Waals surface area contributed by atoms with Crippen molar-refractivity contribution in [3.8, 4) is 5.75 Å². The van der Waals surface area contributed by atoms with Gasteiger partial charge in [0.1, 0.15) is 5.75 Å². The molecular weight excluding hydrogens is 300 g/mol. The molecule has 23 heavy (non-hydrogen) atoms. The van der Waals surface area contributed by atoms with Gasteiger partial charge in [-0.25, -0.2) is 9.78 Å². The summed E-state index contributed by atoms with van der Waals surface area (Å²) in [5, 5.41) is 18.6. The van der Waals surface area contributed by atoms with Crippen LogP contribution in [0.1, 0.15) is 21.0 Å². The molecule has 0 spiro atoms. The number of imidazole rings is 1. The molecule has 8 nitrogen and oxygen atoms in total. The predicted octanol–water partition coefficient (Wildman–Crippen LogP) is 0.776. The lowest BCUT2D eigenvalue weighted by Gasteiger charge is -2.35. The van der Waals surface area contributed by atoms with E-state index in [0.29, 0.717) is 26.2 Å². The van der Waals surface area contributed by atoms with Gasteiger partial charge in [-0.1, -0.05) is 6.07 Å². The molecule has 1 aromatic carbocycles. The third-order valence-corrected chi connectivity index (χ3v) is 3.82. The SMILES string of the molecule is O=C(O)c1[nH]cnc1C(=O)N1CCN(c2cccc(O)c2)CC1. The fourth-order valence-electron chi connectivity index (χ4n) is 2.63. The number of nitrogens with one attached hydrogen (secondary N) is 1. The van der Waals surface area contributed by atoms with Crippen molar-refractivity contribution in [1.82, 2.24) is 14.9 Å². The van der Waals surface area contributed by atoms with Crippen LogP contribution in [0, 0.1) is 0 Å². The molecule has 1 aliphatic rings. The van der Waals surface area contributed by atoms with Crippen LogP contribution in [0.15, 0.2) is 30.6 Å². The van der Waals surface area contributed by atoms with Crippen molar-refractivity contribution in [2.24, 2.45) is 0 Å². The Hall–Kier alpha value is -3.03. The van der Waals surface area contributed by atoms with E-state index in [1.54, 1.807) is 23.1 Å². The van der Waals surface area contributed by atoms with Gasteiger partial charge in [-0.2, -0.15) is 0 Å². The Bertz CT molecular complexity index is 735. The van der Waals surface area contributed by atoms with Crippen molar-refractivity contribution in [2.75, 3.05) is 31.1 Å². The summed E-state index contributed by atoms with van der Waals surface area (Å²) < 4.78 is 0. The van der Waals surface area contributed by atoms with Crippen molar-refractivity contribution < 1.29 is 19.8 Å². The van der Waals surface area contributed by atoms with Crippen molar-refractivity contribution in [2.45, 2.75) is 0 Å². The number of carboxylic acids is 1. The van der Waals surface area contributed by atoms with Gasteiger partial charge in [0.2, 0.25) is 0 Å². The number of piperazine rings is 1. The fraction of sp³-hybridized carbons (Fsp3) is 0.267. The largest absolute Gasteiger partial charge is 0.508 e. The first-order valence-corrected chi connectivity index (χ1v) is 7.16. The van der Waals surface area contributed by atoms with Gasteiger partial charge < -0.3 is 25.0 Å². The molecule has 1 aromatic heterocycles. The molecule has 2 heterocycles. The summed E-state index contributed by atoms with van der Waals surface area (Å²) in [4.78, 5) is 33.4. The number of anilines is 1. The lowest BCUT2D eigenvalue weighted by atomic mass is 10.2. The average molecular weight is 316 g/mol. The number of hydrogen-bond acceptors (Lipinski definition) is 5. The molecule has 0 saturated carbocycles. The number of aromatic hydroxyl groups is 1. The number of carboxylic acid groups (broad SMARTS) is 1. The zero-order valence-corrected chi connectivity index (χ0v) is 12.3. The summed E-state index contributed by atoms with van der Waals surface area (Å²) in [7, 11) is 0. The molecule has 0 atom stereocenters. The van der Waals surface area contributed by atoms with E-state index in [0.717, 1.165) is 5.69 Å². The van der Waals surface area contributed by atoms with E-state index in [1.807, 2.05) is 6.07 Å². The number of aromatic carboxylic acids is 1. The number of phenols is 1. The van der Waals surface area contributed by atoms with E-state index in [2.05, 4.69) is 14.9 Å². The van der Waals surface area contributed by atoms with Crippen LogP contribution >= 0.6 is 0 Å². The number of carbonyl (C=O) groups is 2. The highest BCUT2D eigenvalue weighted by Crippen LogP contribution is 2.21. The predicted molar refractivity (Wildman–Crippen MR) is 81.8 cm³/mol. The number of aromatic amines is 1. The Labute approximate surface area is 132 Å². The number of amides is 1. The minimum Gasteiger partial charge on any atom is -0.508 e. The van der Waals surface area contributed by atoms with Crippen molar-refractivity contribution in [3.63, 3.8) is 0 Å². The standard InChI is InChI=1S/C15H16N4O4/c20-11-3-1-2-10(8-11)18-4-6-19(7-5-18)14(21)12-13(15(22)23)17-9-16-12/h1-3,8-9,20H,4-7H2,(H,16,17)(H,22,23). The van der Waals surface area contributed by atoms with E-state index in [1.165, 1.54) is 6.33 Å². The quantitative estimate of drug-likeness (QED) is 0.772. The third kappa shape index (κ3) is 2.96. The molecule has 1 amide bonds. The smallest absolute Gasteiger partial charge is 0.354 e. The Morgan fingerprint density at radius 2 is 1.91 bits per heavy atom. The van der Waals surface area contributed by atoms with Crippen LogP contribution in [-0.2, 0) is 0 Å². The monoisotopic (exact) mass is 316 g/mol. The maximum atomic E-state index is 12.4. The van der Waals surface area contributed by atoms with Gasteiger partial charge in [0.25, 0.3) is 5.91 Å². The zero-order valence-electron chi connectivity index (χ0n) is 12.3. The number of carbonyl (C=O) groups excluding carboxylic acids is 1. The van der Waals surface area contributed by atoms with E-state index in [9.17, 15) is 14.7 Å². The maximum Gasteiger partial charge on any atom is 0.354 e. The number of rotatable bonds is 3. The average Bonchev–Trinajstić information content (AvgIpc) is 3.04. The van der Waals surface area contributed by atoms with Gasteiger partial charge in [0.05, 0.1) is 6.33 Å². The molecule has 1 aliphatic heterocycles. The maximum absolute atomic E-state index is 12.4. The Morgan fingerprint density at radius 1 is 1.17 bits per heavy atom. The Morgan fingerprint density at radius 3 is 2.57 bits per heavy atom. The van der Waals surface area contributed by atoms with Crippen molar-refractivity contribution in [3.05, 3.63) is 42.0 Å². The molecular formula is C15H16N4O4. The van der Waals surface area contributed by atoms with E-state index >= 15 is 0 Å². The number of phenolic OH excluding ortho intramolecular Hbond substituents is 1. The summed E-state index contributed by atoms with van der Waals surface area (Å²) in [5.41, 5.74) is 0.636. The zero-order chi connectivity index (χ0) is 16.4. The topological polar surface area (TPSA) is 110 Å². The fourth-order valence-corrected chi connectivity index (χ4v) is 2.63. The molecule has 120 valence electrons. The molecule has 3 N–H and O–H groups in total. The molecule has 1 saturated heterocycles. The summed E-state index contributed by atoms with van der Waals surface area (Å²) in [5.74, 6) is -1.40. The molecule has 1 fully saturated rings. The highest BCUT2D eigenvalue weighted by molar-refractivity contribution is 6.02. The minimum absolute atomic E-state index is 0.0664. The molecule has 0 bridgehead atoms. The van der Waals surface area contributed by atoms with Gasteiger partial charge in [0, 0.05) is 37.9 Å². The Kier molecular flexibility index (Phi) is 3.88. The minimum atomic E-state index is -1.20. The lowest BCUT2D eigenvalue weighted by Crippen LogP contribution is -2.49. The number of hydrogen-bond donors (Lipinski definition) is 3. The van der Waals surface area contributed by atoms with Crippen LogP contribution in [-0.4, -0.2) is 63.1 Å². The first-order chi connectivity index (χ1) is 11.1. The molecule has 0 aliphatic carbocycles. The van der Waals surface area contributed by atoms with Gasteiger partial charge >= 0.3 is 5.97 Å². The molecule has 2 aromatic rings. The number of nitrogens with zero attached hydrogens (tertiary/aromatic N) is 3. The summed E-state index contributed by atoms with van der Waals surface area (Å²) in [6.45, 7) is 2.12.